The number of hydrogen-bond acceptors (Lipinski definition) is 5. The van der Waals surface area contributed by atoms with Crippen molar-refractivity contribution in [3.63, 3.8) is 0 Å². The largest absolute Gasteiger partial charge is 0.465 e. The maximum atomic E-state index is 13.3. The third-order valence-electron chi connectivity index (χ3n) is 8.36. The van der Waals surface area contributed by atoms with Gasteiger partial charge >= 0.3 is 5.97 Å². The zero-order chi connectivity index (χ0) is 16.9. The molecule has 24 heavy (non-hydrogen) atoms. The summed E-state index contributed by atoms with van der Waals surface area (Å²) in [5.41, 5.74) is -1.78. The molecule has 130 valence electrons. The molecule has 1 N–H and O–H groups in total. The Bertz CT molecular complexity index is 671. The second-order valence-corrected chi connectivity index (χ2v) is 9.23. The summed E-state index contributed by atoms with van der Waals surface area (Å²) in [5.74, 6) is -0.588. The van der Waals surface area contributed by atoms with Gasteiger partial charge in [0.15, 0.2) is 5.78 Å². The highest BCUT2D eigenvalue weighted by atomic mass is 16.5. The molecule has 1 saturated heterocycles. The summed E-state index contributed by atoms with van der Waals surface area (Å²) in [4.78, 5) is 38.2. The standard InChI is InChI=1S/C19H24O5/c1-17-5-2-6-18(9-24-16(17)23)12-4-3-10-7-19(12,8-11(10)20)15(22)13(21)14(17)18/h10,12,14-15,22H,2-9H2,1H3/t10-,12+,14-,15-,17-,18-,19-/m1/s1. The summed E-state index contributed by atoms with van der Waals surface area (Å²) in [7, 11) is 0. The van der Waals surface area contributed by atoms with Gasteiger partial charge in [0.05, 0.1) is 12.0 Å². The number of aliphatic hydroxyl groups is 1. The highest BCUT2D eigenvalue weighted by Crippen LogP contribution is 2.71. The summed E-state index contributed by atoms with van der Waals surface area (Å²) in [5, 5.41) is 11.0. The number of Topliss-reactive ketones (excluding diaryl/α,β-unsaturated/α-hetero) is 2. The first kappa shape index (κ1) is 15.1. The Morgan fingerprint density at radius 3 is 2.71 bits per heavy atom. The molecule has 5 nitrogen and oxygen atoms in total. The van der Waals surface area contributed by atoms with Gasteiger partial charge in [-0.15, -0.1) is 0 Å². The first-order valence-corrected chi connectivity index (χ1v) is 9.27. The van der Waals surface area contributed by atoms with E-state index >= 15 is 0 Å². The van der Waals surface area contributed by atoms with E-state index in [0.717, 1.165) is 25.7 Å². The third-order valence-corrected chi connectivity index (χ3v) is 8.36. The van der Waals surface area contributed by atoms with Crippen LogP contribution in [0.15, 0.2) is 0 Å². The summed E-state index contributed by atoms with van der Waals surface area (Å²) >= 11 is 0. The van der Waals surface area contributed by atoms with Gasteiger partial charge in [-0.3, -0.25) is 14.4 Å². The van der Waals surface area contributed by atoms with Crippen LogP contribution >= 0.6 is 0 Å². The lowest BCUT2D eigenvalue weighted by molar-refractivity contribution is -0.242. The van der Waals surface area contributed by atoms with Crippen LogP contribution in [0, 0.1) is 34.0 Å². The van der Waals surface area contributed by atoms with Crippen molar-refractivity contribution in [1.82, 2.24) is 0 Å². The lowest BCUT2D eigenvalue weighted by Crippen LogP contribution is -2.71. The summed E-state index contributed by atoms with van der Waals surface area (Å²) in [6.07, 6.45) is 4.02. The molecule has 1 heterocycles. The van der Waals surface area contributed by atoms with E-state index in [1.165, 1.54) is 0 Å². The van der Waals surface area contributed by atoms with Crippen molar-refractivity contribution in [3.05, 3.63) is 0 Å². The molecule has 7 atom stereocenters. The lowest BCUT2D eigenvalue weighted by Gasteiger charge is -2.66. The maximum Gasteiger partial charge on any atom is 0.312 e. The zero-order valence-electron chi connectivity index (χ0n) is 14.0. The molecule has 0 aromatic rings. The van der Waals surface area contributed by atoms with Crippen molar-refractivity contribution < 1.29 is 24.2 Å². The molecular formula is C19H24O5. The Morgan fingerprint density at radius 1 is 1.12 bits per heavy atom. The van der Waals surface area contributed by atoms with Crippen molar-refractivity contribution in [2.24, 2.45) is 34.0 Å². The van der Waals surface area contributed by atoms with Crippen molar-refractivity contribution in [2.45, 2.75) is 58.0 Å². The molecule has 1 aliphatic heterocycles. The van der Waals surface area contributed by atoms with Crippen molar-refractivity contribution in [1.29, 1.82) is 0 Å². The molecule has 5 rings (SSSR count). The molecule has 5 fully saturated rings. The average molecular weight is 332 g/mol. The molecule has 5 heteroatoms. The van der Waals surface area contributed by atoms with E-state index < -0.39 is 22.9 Å². The van der Waals surface area contributed by atoms with E-state index in [1.54, 1.807) is 0 Å². The van der Waals surface area contributed by atoms with Gasteiger partial charge in [0.25, 0.3) is 0 Å². The van der Waals surface area contributed by atoms with Gasteiger partial charge in [0.2, 0.25) is 0 Å². The highest BCUT2D eigenvalue weighted by Gasteiger charge is 2.75. The first-order chi connectivity index (χ1) is 11.4. The molecular weight excluding hydrogens is 308 g/mol. The predicted molar refractivity (Wildman–Crippen MR) is 82.7 cm³/mol. The predicted octanol–water partition coefficient (Wildman–Crippen LogP) is 1.66. The molecule has 4 saturated carbocycles. The number of fused-ring (bicyclic) bond motifs is 1. The summed E-state index contributed by atoms with van der Waals surface area (Å²) in [6.45, 7) is 2.14. The Balaban J connectivity index is 1.70. The van der Waals surface area contributed by atoms with Gasteiger partial charge in [-0.1, -0.05) is 6.42 Å². The first-order valence-electron chi connectivity index (χ1n) is 9.27. The van der Waals surface area contributed by atoms with Crippen LogP contribution < -0.4 is 0 Å². The second kappa shape index (κ2) is 4.29. The number of ketones is 2. The van der Waals surface area contributed by atoms with Crippen LogP contribution in [-0.2, 0) is 19.1 Å². The van der Waals surface area contributed by atoms with E-state index in [0.29, 0.717) is 19.3 Å². The van der Waals surface area contributed by atoms with E-state index in [4.69, 9.17) is 4.74 Å². The smallest absolute Gasteiger partial charge is 0.312 e. The third kappa shape index (κ3) is 1.41. The number of hydrogen-bond donors (Lipinski definition) is 1. The molecule has 0 amide bonds. The fourth-order valence-corrected chi connectivity index (χ4v) is 7.52. The normalized spacial score (nSPS) is 55.7. The van der Waals surface area contributed by atoms with Crippen LogP contribution in [0.25, 0.3) is 0 Å². The van der Waals surface area contributed by atoms with Crippen LogP contribution in [0.4, 0.5) is 0 Å². The quantitative estimate of drug-likeness (QED) is 0.682. The molecule has 1 spiro atoms. The molecule has 4 aliphatic carbocycles. The number of carbonyl (C=O) groups excluding carboxylic acids is 3. The monoisotopic (exact) mass is 332 g/mol. The number of rotatable bonds is 0. The minimum atomic E-state index is -1.10. The molecule has 4 bridgehead atoms. The molecule has 0 aromatic carbocycles. The van der Waals surface area contributed by atoms with Gasteiger partial charge in [-0.2, -0.15) is 0 Å². The Kier molecular flexibility index (Phi) is 2.69. The maximum absolute atomic E-state index is 13.3. The number of cyclic esters (lactones) is 1. The van der Waals surface area contributed by atoms with Crippen molar-refractivity contribution >= 4 is 17.5 Å². The second-order valence-electron chi connectivity index (χ2n) is 9.23. The fraction of sp³-hybridized carbons (Fsp3) is 0.842. The number of aliphatic hydroxyl groups excluding tert-OH is 1. The van der Waals surface area contributed by atoms with E-state index in [-0.39, 0.29) is 41.4 Å². The Labute approximate surface area is 141 Å². The zero-order valence-corrected chi connectivity index (χ0v) is 14.0. The fourth-order valence-electron chi connectivity index (χ4n) is 7.52. The van der Waals surface area contributed by atoms with Crippen LogP contribution in [0.3, 0.4) is 0 Å². The van der Waals surface area contributed by atoms with Gasteiger partial charge in [0, 0.05) is 29.1 Å². The minimum absolute atomic E-state index is 0.0118. The number of ether oxygens (including phenoxy) is 1. The topological polar surface area (TPSA) is 80.7 Å². The van der Waals surface area contributed by atoms with E-state index in [2.05, 4.69) is 0 Å². The minimum Gasteiger partial charge on any atom is -0.465 e. The molecule has 5 aliphatic rings. The lowest BCUT2D eigenvalue weighted by atomic mass is 9.38. The number of esters is 1. The van der Waals surface area contributed by atoms with Gasteiger partial charge in [0.1, 0.15) is 11.9 Å². The van der Waals surface area contributed by atoms with Crippen molar-refractivity contribution in [3.8, 4) is 0 Å². The van der Waals surface area contributed by atoms with Gasteiger partial charge in [-0.05, 0) is 44.9 Å². The molecule has 0 radical (unpaired) electrons. The van der Waals surface area contributed by atoms with Crippen LogP contribution in [-0.4, -0.2) is 35.4 Å². The SMILES string of the molecule is C[C@]12CCC[C@@]3(COC1=O)[C@@H]1CC[C@@H]4C[C@]1(CC4=O)[C@H](O)C(=O)[C@@H]32. The van der Waals surface area contributed by atoms with Crippen molar-refractivity contribution in [2.75, 3.05) is 6.61 Å². The van der Waals surface area contributed by atoms with Gasteiger partial charge in [-0.25, -0.2) is 0 Å². The van der Waals surface area contributed by atoms with Crippen LogP contribution in [0.1, 0.15) is 51.9 Å². The Morgan fingerprint density at radius 2 is 1.92 bits per heavy atom. The molecule has 0 aromatic heterocycles. The van der Waals surface area contributed by atoms with E-state index in [1.807, 2.05) is 6.92 Å². The summed E-state index contributed by atoms with van der Waals surface area (Å²) in [6, 6.07) is 0. The number of carbonyl (C=O) groups is 3. The van der Waals surface area contributed by atoms with Crippen LogP contribution in [0.2, 0.25) is 0 Å². The van der Waals surface area contributed by atoms with Crippen LogP contribution in [0.5, 0.6) is 0 Å². The van der Waals surface area contributed by atoms with E-state index in [9.17, 15) is 19.5 Å². The highest BCUT2D eigenvalue weighted by molar-refractivity contribution is 5.96. The van der Waals surface area contributed by atoms with Gasteiger partial charge < -0.3 is 9.84 Å². The summed E-state index contributed by atoms with van der Waals surface area (Å²) < 4.78 is 5.61. The average Bonchev–Trinajstić information content (AvgIpc) is 2.80. The Hall–Kier alpha value is -1.23. The molecule has 0 unspecified atom stereocenters.